The Labute approximate surface area is 140 Å². The first-order valence-electron chi connectivity index (χ1n) is 7.24. The van der Waals surface area contributed by atoms with Gasteiger partial charge in [0.05, 0.1) is 5.56 Å². The molecular weight excluding hydrogens is 314 g/mol. The highest BCUT2D eigenvalue weighted by Crippen LogP contribution is 2.20. The minimum Gasteiger partial charge on any atom is -0.353 e. The zero-order chi connectivity index (χ0) is 16.8. The summed E-state index contributed by atoms with van der Waals surface area (Å²) < 4.78 is 0. The summed E-state index contributed by atoms with van der Waals surface area (Å²) in [5, 5.41) is 6.48. The highest BCUT2D eigenvalue weighted by Gasteiger charge is 2.08. The lowest BCUT2D eigenvalue weighted by atomic mass is 10.2. The van der Waals surface area contributed by atoms with Crippen LogP contribution < -0.4 is 10.6 Å². The number of likely N-dealkylation sites (N-methyl/N-ethyl adjacent to an activating group) is 1. The van der Waals surface area contributed by atoms with Crippen molar-refractivity contribution in [2.75, 3.05) is 37.8 Å². The molecule has 7 heteroatoms. The van der Waals surface area contributed by atoms with Crippen LogP contribution in [-0.2, 0) is 0 Å². The highest BCUT2D eigenvalue weighted by atomic mass is 35.5. The molecule has 0 fully saturated rings. The summed E-state index contributed by atoms with van der Waals surface area (Å²) in [4.78, 5) is 22.5. The third-order valence-corrected chi connectivity index (χ3v) is 3.59. The number of aryl methyl sites for hydroxylation is 1. The Kier molecular flexibility index (Phi) is 5.90. The van der Waals surface area contributed by atoms with Crippen molar-refractivity contribution in [3.63, 3.8) is 0 Å². The van der Waals surface area contributed by atoms with Crippen LogP contribution in [0.25, 0.3) is 0 Å². The molecule has 0 spiro atoms. The van der Waals surface area contributed by atoms with Crippen molar-refractivity contribution in [2.45, 2.75) is 6.92 Å². The molecule has 122 valence electrons. The van der Waals surface area contributed by atoms with E-state index in [1.54, 1.807) is 12.1 Å². The molecular formula is C16H20ClN5O. The Morgan fingerprint density at radius 1 is 1.26 bits per heavy atom. The van der Waals surface area contributed by atoms with E-state index in [0.29, 0.717) is 22.2 Å². The van der Waals surface area contributed by atoms with Crippen molar-refractivity contribution < 1.29 is 4.79 Å². The van der Waals surface area contributed by atoms with Crippen LogP contribution in [0.3, 0.4) is 0 Å². The van der Waals surface area contributed by atoms with Gasteiger partial charge in [-0.15, -0.1) is 0 Å². The number of rotatable bonds is 6. The van der Waals surface area contributed by atoms with Gasteiger partial charge < -0.3 is 15.5 Å². The molecule has 2 N–H and O–H groups in total. The maximum absolute atomic E-state index is 12.2. The van der Waals surface area contributed by atoms with Gasteiger partial charge in [-0.25, -0.2) is 9.97 Å². The van der Waals surface area contributed by atoms with Crippen molar-refractivity contribution >= 4 is 29.1 Å². The van der Waals surface area contributed by atoms with Gasteiger partial charge in [-0.1, -0.05) is 17.7 Å². The molecule has 1 heterocycles. The van der Waals surface area contributed by atoms with Crippen LogP contribution in [0.15, 0.2) is 30.6 Å². The van der Waals surface area contributed by atoms with E-state index in [0.717, 1.165) is 18.7 Å². The van der Waals surface area contributed by atoms with Gasteiger partial charge in [-0.2, -0.15) is 0 Å². The number of benzene rings is 1. The Morgan fingerprint density at radius 3 is 2.57 bits per heavy atom. The third-order valence-electron chi connectivity index (χ3n) is 3.19. The second-order valence-electron chi connectivity index (χ2n) is 5.44. The Hall–Kier alpha value is -2.18. The average Bonchev–Trinajstić information content (AvgIpc) is 2.51. The number of halogens is 1. The minimum absolute atomic E-state index is 0.273. The quantitative estimate of drug-likeness (QED) is 0.850. The van der Waals surface area contributed by atoms with Gasteiger partial charge in [-0.3, -0.25) is 4.79 Å². The monoisotopic (exact) mass is 333 g/mol. The van der Waals surface area contributed by atoms with Crippen LogP contribution in [0.5, 0.6) is 0 Å². The number of hydrogen-bond acceptors (Lipinski definition) is 5. The molecule has 2 rings (SSSR count). The molecule has 2 aromatic rings. The van der Waals surface area contributed by atoms with E-state index < -0.39 is 0 Å². The van der Waals surface area contributed by atoms with E-state index in [1.807, 2.05) is 27.1 Å². The number of amides is 1. The standard InChI is InChI=1S/C16H20ClN5O/c1-11-4-5-13(8-14(11)17)21-15(23)12-9-19-16(20-10-12)18-6-7-22(2)3/h4-5,8-10H,6-7H2,1-3H3,(H,21,23)(H,18,19,20). The molecule has 1 aromatic heterocycles. The van der Waals surface area contributed by atoms with Gasteiger partial charge >= 0.3 is 0 Å². The summed E-state index contributed by atoms with van der Waals surface area (Å²) in [5.74, 6) is 0.228. The van der Waals surface area contributed by atoms with Crippen LogP contribution in [-0.4, -0.2) is 48.0 Å². The molecule has 0 radical (unpaired) electrons. The number of nitrogens with zero attached hydrogens (tertiary/aromatic N) is 3. The first-order chi connectivity index (χ1) is 11.0. The van der Waals surface area contributed by atoms with Crippen molar-refractivity contribution in [1.29, 1.82) is 0 Å². The normalized spacial score (nSPS) is 10.7. The lowest BCUT2D eigenvalue weighted by molar-refractivity contribution is 0.102. The number of aromatic nitrogens is 2. The van der Waals surface area contributed by atoms with Crippen LogP contribution >= 0.6 is 11.6 Å². The molecule has 1 amide bonds. The lowest BCUT2D eigenvalue weighted by Gasteiger charge is -2.10. The number of anilines is 2. The fraction of sp³-hybridized carbons (Fsp3) is 0.312. The Balaban J connectivity index is 1.95. The zero-order valence-corrected chi connectivity index (χ0v) is 14.2. The van der Waals surface area contributed by atoms with Crippen LogP contribution in [0.2, 0.25) is 5.02 Å². The van der Waals surface area contributed by atoms with Gasteiger partial charge in [-0.05, 0) is 38.7 Å². The molecule has 0 atom stereocenters. The molecule has 0 saturated carbocycles. The molecule has 0 aliphatic rings. The van der Waals surface area contributed by atoms with E-state index in [4.69, 9.17) is 11.6 Å². The van der Waals surface area contributed by atoms with Crippen molar-refractivity contribution in [3.05, 3.63) is 46.7 Å². The van der Waals surface area contributed by atoms with Crippen LogP contribution in [0.4, 0.5) is 11.6 Å². The van der Waals surface area contributed by atoms with E-state index in [9.17, 15) is 4.79 Å². The largest absolute Gasteiger partial charge is 0.353 e. The van der Waals surface area contributed by atoms with E-state index in [-0.39, 0.29) is 5.91 Å². The fourth-order valence-corrected chi connectivity index (χ4v) is 1.98. The molecule has 0 saturated heterocycles. The lowest BCUT2D eigenvalue weighted by Crippen LogP contribution is -2.21. The summed E-state index contributed by atoms with van der Waals surface area (Å²) in [6, 6.07) is 5.37. The summed E-state index contributed by atoms with van der Waals surface area (Å²) in [7, 11) is 3.99. The van der Waals surface area contributed by atoms with Crippen LogP contribution in [0, 0.1) is 6.92 Å². The van der Waals surface area contributed by atoms with E-state index in [1.165, 1.54) is 12.4 Å². The second kappa shape index (κ2) is 7.89. The maximum atomic E-state index is 12.2. The smallest absolute Gasteiger partial charge is 0.258 e. The number of carbonyl (C=O) groups excluding carboxylic acids is 1. The first-order valence-corrected chi connectivity index (χ1v) is 7.61. The zero-order valence-electron chi connectivity index (χ0n) is 13.4. The molecule has 6 nitrogen and oxygen atoms in total. The molecule has 0 bridgehead atoms. The molecule has 1 aromatic carbocycles. The molecule has 23 heavy (non-hydrogen) atoms. The Morgan fingerprint density at radius 2 is 1.96 bits per heavy atom. The predicted octanol–water partition coefficient (Wildman–Crippen LogP) is 2.66. The number of hydrogen-bond donors (Lipinski definition) is 2. The second-order valence-corrected chi connectivity index (χ2v) is 5.85. The molecule has 0 aliphatic carbocycles. The summed E-state index contributed by atoms with van der Waals surface area (Å²) >= 11 is 6.05. The first kappa shape index (κ1) is 17.2. The van der Waals surface area contributed by atoms with Gasteiger partial charge in [0.2, 0.25) is 5.95 Å². The number of carbonyl (C=O) groups is 1. The average molecular weight is 334 g/mol. The summed E-state index contributed by atoms with van der Waals surface area (Å²) in [6.45, 7) is 3.52. The maximum Gasteiger partial charge on any atom is 0.258 e. The van der Waals surface area contributed by atoms with Gasteiger partial charge in [0, 0.05) is 36.2 Å². The van der Waals surface area contributed by atoms with Gasteiger partial charge in [0.15, 0.2) is 0 Å². The van der Waals surface area contributed by atoms with Crippen molar-refractivity contribution in [3.8, 4) is 0 Å². The third kappa shape index (κ3) is 5.19. The van der Waals surface area contributed by atoms with Crippen LogP contribution in [0.1, 0.15) is 15.9 Å². The van der Waals surface area contributed by atoms with Gasteiger partial charge in [0.1, 0.15) is 0 Å². The topological polar surface area (TPSA) is 70.2 Å². The number of nitrogens with one attached hydrogen (secondary N) is 2. The van der Waals surface area contributed by atoms with E-state index >= 15 is 0 Å². The highest BCUT2D eigenvalue weighted by molar-refractivity contribution is 6.31. The predicted molar refractivity (Wildman–Crippen MR) is 93.2 cm³/mol. The minimum atomic E-state index is -0.273. The fourth-order valence-electron chi connectivity index (χ4n) is 1.80. The SMILES string of the molecule is Cc1ccc(NC(=O)c2cnc(NCCN(C)C)nc2)cc1Cl. The molecule has 0 aliphatic heterocycles. The molecule has 0 unspecified atom stereocenters. The van der Waals surface area contributed by atoms with Crippen molar-refractivity contribution in [1.82, 2.24) is 14.9 Å². The summed E-state index contributed by atoms with van der Waals surface area (Å²) in [5.41, 5.74) is 1.99. The van der Waals surface area contributed by atoms with E-state index in [2.05, 4.69) is 25.5 Å². The Bertz CT molecular complexity index is 673. The van der Waals surface area contributed by atoms with Crippen molar-refractivity contribution in [2.24, 2.45) is 0 Å². The van der Waals surface area contributed by atoms with Gasteiger partial charge in [0.25, 0.3) is 5.91 Å². The summed E-state index contributed by atoms with van der Waals surface area (Å²) in [6.07, 6.45) is 2.99.